The van der Waals surface area contributed by atoms with E-state index in [1.54, 1.807) is 18.2 Å². The number of rotatable bonds is 2. The molecule has 0 aliphatic heterocycles. The Kier molecular flexibility index (Phi) is 3.27. The van der Waals surface area contributed by atoms with Crippen molar-refractivity contribution in [3.63, 3.8) is 0 Å². The van der Waals surface area contributed by atoms with Gasteiger partial charge in [-0.3, -0.25) is 0 Å². The van der Waals surface area contributed by atoms with Crippen LogP contribution >= 0.6 is 22.9 Å². The summed E-state index contributed by atoms with van der Waals surface area (Å²) in [5, 5.41) is 3.54. The first-order chi connectivity index (χ1) is 9.54. The number of halogens is 4. The molecule has 0 fully saturated rings. The van der Waals surface area contributed by atoms with E-state index >= 15 is 0 Å². The van der Waals surface area contributed by atoms with Crippen LogP contribution in [0.1, 0.15) is 0 Å². The molecule has 0 radical (unpaired) electrons. The number of thiazole rings is 1. The van der Waals surface area contributed by atoms with E-state index in [0.29, 0.717) is 15.7 Å². The molecule has 20 heavy (non-hydrogen) atoms. The van der Waals surface area contributed by atoms with Crippen molar-refractivity contribution in [1.29, 1.82) is 0 Å². The van der Waals surface area contributed by atoms with Gasteiger partial charge in [0.1, 0.15) is 0 Å². The molecule has 3 aromatic rings. The molecule has 1 aromatic heterocycles. The predicted molar refractivity (Wildman–Crippen MR) is 74.2 cm³/mol. The van der Waals surface area contributed by atoms with Crippen LogP contribution in [0.5, 0.6) is 0 Å². The number of aromatic nitrogens is 1. The molecule has 0 spiro atoms. The third-order valence-corrected chi connectivity index (χ3v) is 3.81. The Morgan fingerprint density at radius 1 is 1.05 bits per heavy atom. The monoisotopic (exact) mass is 314 g/mol. The third kappa shape index (κ3) is 2.32. The van der Waals surface area contributed by atoms with Gasteiger partial charge in [-0.2, -0.15) is 0 Å². The van der Waals surface area contributed by atoms with Crippen molar-refractivity contribution in [2.45, 2.75) is 0 Å². The molecular formula is C13H6ClF3N2S. The minimum Gasteiger partial charge on any atom is -0.329 e. The average molecular weight is 315 g/mol. The van der Waals surface area contributed by atoms with Gasteiger partial charge in [-0.15, -0.1) is 0 Å². The van der Waals surface area contributed by atoms with Crippen LogP contribution in [0.25, 0.3) is 10.2 Å². The van der Waals surface area contributed by atoms with Crippen molar-refractivity contribution in [1.82, 2.24) is 4.98 Å². The van der Waals surface area contributed by atoms with Gasteiger partial charge >= 0.3 is 0 Å². The van der Waals surface area contributed by atoms with E-state index < -0.39 is 17.5 Å². The Morgan fingerprint density at radius 2 is 1.85 bits per heavy atom. The number of hydrogen-bond donors (Lipinski definition) is 1. The summed E-state index contributed by atoms with van der Waals surface area (Å²) in [4.78, 5) is 4.20. The molecule has 0 amide bonds. The number of nitrogens with zero attached hydrogens (tertiary/aromatic N) is 1. The van der Waals surface area contributed by atoms with Crippen molar-refractivity contribution >= 4 is 44.0 Å². The van der Waals surface area contributed by atoms with E-state index in [4.69, 9.17) is 11.6 Å². The molecule has 3 rings (SSSR count). The van der Waals surface area contributed by atoms with Gasteiger partial charge in [-0.05, 0) is 30.3 Å². The first-order valence-corrected chi connectivity index (χ1v) is 6.70. The zero-order valence-electron chi connectivity index (χ0n) is 9.75. The second kappa shape index (κ2) is 4.96. The number of benzene rings is 2. The van der Waals surface area contributed by atoms with Gasteiger partial charge in [-0.25, -0.2) is 18.2 Å². The Bertz CT molecular complexity index is 804. The zero-order valence-corrected chi connectivity index (χ0v) is 11.3. The fourth-order valence-electron chi connectivity index (χ4n) is 1.69. The second-order valence-corrected chi connectivity index (χ2v) is 5.45. The number of anilines is 2. The molecule has 2 nitrogen and oxygen atoms in total. The van der Waals surface area contributed by atoms with Crippen LogP contribution in [-0.2, 0) is 0 Å². The number of fused-ring (bicyclic) bond motifs is 1. The van der Waals surface area contributed by atoms with Crippen LogP contribution in [0.3, 0.4) is 0 Å². The predicted octanol–water partition coefficient (Wildman–Crippen LogP) is 5.11. The zero-order chi connectivity index (χ0) is 14.3. The van der Waals surface area contributed by atoms with Crippen LogP contribution in [-0.4, -0.2) is 4.98 Å². The van der Waals surface area contributed by atoms with E-state index in [0.717, 1.165) is 16.8 Å². The van der Waals surface area contributed by atoms with Crippen molar-refractivity contribution in [3.8, 4) is 0 Å². The van der Waals surface area contributed by atoms with Crippen LogP contribution in [0.15, 0.2) is 30.3 Å². The lowest BCUT2D eigenvalue weighted by atomic mass is 10.3. The van der Waals surface area contributed by atoms with E-state index in [1.165, 1.54) is 11.3 Å². The highest BCUT2D eigenvalue weighted by atomic mass is 35.5. The minimum atomic E-state index is -1.51. The summed E-state index contributed by atoms with van der Waals surface area (Å²) in [5.74, 6) is -4.02. The molecule has 0 bridgehead atoms. The molecule has 2 aromatic carbocycles. The van der Waals surface area contributed by atoms with E-state index in [2.05, 4.69) is 10.3 Å². The van der Waals surface area contributed by atoms with Crippen LogP contribution < -0.4 is 5.32 Å². The molecule has 0 aliphatic rings. The van der Waals surface area contributed by atoms with Crippen molar-refractivity contribution in [2.75, 3.05) is 5.32 Å². The quantitative estimate of drug-likeness (QED) is 0.665. The van der Waals surface area contributed by atoms with Gasteiger partial charge in [0, 0.05) is 5.02 Å². The molecular weight excluding hydrogens is 309 g/mol. The van der Waals surface area contributed by atoms with E-state index in [9.17, 15) is 13.2 Å². The first-order valence-electron chi connectivity index (χ1n) is 5.51. The van der Waals surface area contributed by atoms with Gasteiger partial charge in [0.05, 0.1) is 15.9 Å². The summed E-state index contributed by atoms with van der Waals surface area (Å²) in [6, 6.07) is 7.13. The Labute approximate surface area is 120 Å². The number of nitrogens with one attached hydrogen (secondary N) is 1. The maximum Gasteiger partial charge on any atom is 0.196 e. The fraction of sp³-hybridized carbons (Fsp3) is 0. The summed E-state index contributed by atoms with van der Waals surface area (Å²) < 4.78 is 40.4. The molecule has 0 aliphatic carbocycles. The standard InChI is InChI=1S/C13H6ClF3N2S/c14-6-1-4-10-9(5-6)19-13(20-10)18-8-3-2-7(15)11(16)12(8)17/h1-5H,(H,18,19). The van der Waals surface area contributed by atoms with Gasteiger partial charge in [-0.1, -0.05) is 22.9 Å². The van der Waals surface area contributed by atoms with Crippen LogP contribution in [0.4, 0.5) is 24.0 Å². The molecule has 0 saturated carbocycles. The van der Waals surface area contributed by atoms with Crippen LogP contribution in [0, 0.1) is 17.5 Å². The molecule has 7 heteroatoms. The summed E-state index contributed by atoms with van der Waals surface area (Å²) in [6.07, 6.45) is 0. The Balaban J connectivity index is 1.99. The minimum absolute atomic E-state index is 0.172. The van der Waals surface area contributed by atoms with Gasteiger partial charge in [0.25, 0.3) is 0 Å². The summed E-state index contributed by atoms with van der Waals surface area (Å²) in [6.45, 7) is 0. The second-order valence-electron chi connectivity index (χ2n) is 3.98. The van der Waals surface area contributed by atoms with Crippen molar-refractivity contribution < 1.29 is 13.2 Å². The highest BCUT2D eigenvalue weighted by molar-refractivity contribution is 7.22. The van der Waals surface area contributed by atoms with Gasteiger partial charge < -0.3 is 5.32 Å². The maximum absolute atomic E-state index is 13.5. The van der Waals surface area contributed by atoms with E-state index in [-0.39, 0.29) is 5.69 Å². The summed E-state index contributed by atoms with van der Waals surface area (Å²) in [7, 11) is 0. The molecule has 0 saturated heterocycles. The highest BCUT2D eigenvalue weighted by Gasteiger charge is 2.14. The smallest absolute Gasteiger partial charge is 0.196 e. The highest BCUT2D eigenvalue weighted by Crippen LogP contribution is 2.31. The topological polar surface area (TPSA) is 24.9 Å². The maximum atomic E-state index is 13.5. The molecule has 1 heterocycles. The average Bonchev–Trinajstić information content (AvgIpc) is 2.81. The van der Waals surface area contributed by atoms with Crippen molar-refractivity contribution in [3.05, 3.63) is 52.8 Å². The van der Waals surface area contributed by atoms with Gasteiger partial charge in [0.2, 0.25) is 0 Å². The largest absolute Gasteiger partial charge is 0.329 e. The lowest BCUT2D eigenvalue weighted by Gasteiger charge is -2.04. The van der Waals surface area contributed by atoms with Crippen molar-refractivity contribution in [2.24, 2.45) is 0 Å². The summed E-state index contributed by atoms with van der Waals surface area (Å²) >= 11 is 7.10. The molecule has 0 unspecified atom stereocenters. The molecule has 1 N–H and O–H groups in total. The fourth-order valence-corrected chi connectivity index (χ4v) is 2.72. The van der Waals surface area contributed by atoms with Crippen LogP contribution in [0.2, 0.25) is 5.02 Å². The Hall–Kier alpha value is -1.79. The lowest BCUT2D eigenvalue weighted by Crippen LogP contribution is -1.98. The third-order valence-electron chi connectivity index (χ3n) is 2.63. The SMILES string of the molecule is Fc1ccc(Nc2nc3cc(Cl)ccc3s2)c(F)c1F. The number of hydrogen-bond acceptors (Lipinski definition) is 3. The van der Waals surface area contributed by atoms with Gasteiger partial charge in [0.15, 0.2) is 22.6 Å². The normalized spacial score (nSPS) is 11.0. The first kappa shape index (κ1) is 13.2. The molecule has 0 atom stereocenters. The lowest BCUT2D eigenvalue weighted by molar-refractivity contribution is 0.449. The molecule has 102 valence electrons. The summed E-state index contributed by atoms with van der Waals surface area (Å²) in [5.41, 5.74) is 0.474. The van der Waals surface area contributed by atoms with E-state index in [1.807, 2.05) is 0 Å². The Morgan fingerprint density at radius 3 is 2.65 bits per heavy atom.